The standard InChI is InChI=1S/C38H47N5O4/c1-27(39-5)35(45)41-34(38(2,3)4)36(46)40-26-33(44)43-24-23-42(37(47)32(43)25-28-15-9-6-10-16-28)22-21-31(29-17-11-7-12-18-29)30-19-13-8-14-20-30/h6-20,23-24,27,31-32,34,39H,21-22,25-26H2,1-5H3,(H,40,46)(H,41,45)/t27-,32-,34+/m0/s1. The maximum atomic E-state index is 14.1. The number of benzene rings is 3. The molecule has 0 fully saturated rings. The van der Waals surface area contributed by atoms with Gasteiger partial charge in [-0.15, -0.1) is 0 Å². The summed E-state index contributed by atoms with van der Waals surface area (Å²) in [4.78, 5) is 56.7. The molecule has 0 bridgehead atoms. The molecule has 0 saturated carbocycles. The molecule has 4 amide bonds. The van der Waals surface area contributed by atoms with Gasteiger partial charge in [-0.1, -0.05) is 112 Å². The summed E-state index contributed by atoms with van der Waals surface area (Å²) in [5.41, 5.74) is 2.66. The van der Waals surface area contributed by atoms with Gasteiger partial charge in [0.05, 0.1) is 12.6 Å². The maximum absolute atomic E-state index is 14.1. The second kappa shape index (κ2) is 16.2. The second-order valence-corrected chi connectivity index (χ2v) is 13.0. The van der Waals surface area contributed by atoms with Gasteiger partial charge in [0.2, 0.25) is 23.6 Å². The van der Waals surface area contributed by atoms with Gasteiger partial charge in [0, 0.05) is 31.3 Å². The molecule has 9 heteroatoms. The van der Waals surface area contributed by atoms with Crippen molar-refractivity contribution in [2.45, 2.75) is 64.6 Å². The van der Waals surface area contributed by atoms with Gasteiger partial charge < -0.3 is 25.8 Å². The Morgan fingerprint density at radius 3 is 1.89 bits per heavy atom. The zero-order valence-corrected chi connectivity index (χ0v) is 28.0. The Kier molecular flexibility index (Phi) is 12.1. The van der Waals surface area contributed by atoms with Gasteiger partial charge in [0.15, 0.2) is 0 Å². The number of rotatable bonds is 13. The molecule has 4 rings (SSSR count). The molecule has 0 aliphatic carbocycles. The third kappa shape index (κ3) is 9.39. The first-order valence-electron chi connectivity index (χ1n) is 16.2. The van der Waals surface area contributed by atoms with Crippen LogP contribution in [0.15, 0.2) is 103 Å². The van der Waals surface area contributed by atoms with Crippen LogP contribution in [-0.2, 0) is 25.6 Å². The number of nitrogens with one attached hydrogen (secondary N) is 3. The third-order valence-corrected chi connectivity index (χ3v) is 8.59. The average molecular weight is 638 g/mol. The molecule has 9 nitrogen and oxygen atoms in total. The van der Waals surface area contributed by atoms with Crippen LogP contribution in [0.5, 0.6) is 0 Å². The lowest BCUT2D eigenvalue weighted by molar-refractivity contribution is -0.143. The molecule has 0 spiro atoms. The Balaban J connectivity index is 1.51. The lowest BCUT2D eigenvalue weighted by Gasteiger charge is -2.37. The highest BCUT2D eigenvalue weighted by Gasteiger charge is 2.37. The molecule has 0 aromatic heterocycles. The Morgan fingerprint density at radius 2 is 1.36 bits per heavy atom. The van der Waals surface area contributed by atoms with Gasteiger partial charge in [-0.05, 0) is 42.5 Å². The van der Waals surface area contributed by atoms with Crippen molar-refractivity contribution in [1.82, 2.24) is 25.8 Å². The molecule has 3 atom stereocenters. The molecule has 1 heterocycles. The van der Waals surface area contributed by atoms with Gasteiger partial charge in [-0.25, -0.2) is 0 Å². The average Bonchev–Trinajstić information content (AvgIpc) is 3.08. The summed E-state index contributed by atoms with van der Waals surface area (Å²) in [5, 5.41) is 8.38. The number of amides is 4. The highest BCUT2D eigenvalue weighted by atomic mass is 16.2. The number of carbonyl (C=O) groups excluding carboxylic acids is 4. The van der Waals surface area contributed by atoms with Crippen LogP contribution in [0.4, 0.5) is 0 Å². The molecule has 0 unspecified atom stereocenters. The number of hydrogen-bond donors (Lipinski definition) is 3. The van der Waals surface area contributed by atoms with E-state index in [1.54, 1.807) is 31.3 Å². The first-order chi connectivity index (χ1) is 22.5. The molecule has 0 saturated heterocycles. The van der Waals surface area contributed by atoms with Crippen molar-refractivity contribution in [3.63, 3.8) is 0 Å². The van der Waals surface area contributed by atoms with Crippen molar-refractivity contribution in [3.8, 4) is 0 Å². The van der Waals surface area contributed by atoms with Crippen LogP contribution in [-0.4, -0.2) is 71.7 Å². The van der Waals surface area contributed by atoms with Gasteiger partial charge in [0.1, 0.15) is 12.1 Å². The third-order valence-electron chi connectivity index (χ3n) is 8.59. The van der Waals surface area contributed by atoms with Gasteiger partial charge in [-0.3, -0.25) is 19.2 Å². The Hall–Kier alpha value is -4.76. The molecule has 47 heavy (non-hydrogen) atoms. The fourth-order valence-electron chi connectivity index (χ4n) is 5.70. The summed E-state index contributed by atoms with van der Waals surface area (Å²) in [6, 6.07) is 28.0. The summed E-state index contributed by atoms with van der Waals surface area (Å²) in [6.45, 7) is 7.39. The van der Waals surface area contributed by atoms with Crippen molar-refractivity contribution < 1.29 is 19.2 Å². The fourth-order valence-corrected chi connectivity index (χ4v) is 5.70. The molecule has 0 radical (unpaired) electrons. The number of hydrogen-bond acceptors (Lipinski definition) is 5. The van der Waals surface area contributed by atoms with Crippen LogP contribution in [0.1, 0.15) is 56.7 Å². The van der Waals surface area contributed by atoms with Crippen LogP contribution in [0.3, 0.4) is 0 Å². The molecule has 1 aliphatic rings. The minimum absolute atomic E-state index is 0.0911. The lowest BCUT2D eigenvalue weighted by Crippen LogP contribution is -2.58. The van der Waals surface area contributed by atoms with E-state index in [4.69, 9.17) is 0 Å². The number of likely N-dealkylation sites (N-methyl/N-ethyl adjacent to an activating group) is 1. The molecule has 3 aromatic rings. The minimum Gasteiger partial charge on any atom is -0.345 e. The van der Waals surface area contributed by atoms with Crippen LogP contribution in [0.25, 0.3) is 0 Å². The van der Waals surface area contributed by atoms with Crippen molar-refractivity contribution in [2.24, 2.45) is 5.41 Å². The summed E-state index contributed by atoms with van der Waals surface area (Å²) >= 11 is 0. The van der Waals surface area contributed by atoms with Crippen molar-refractivity contribution >= 4 is 23.6 Å². The van der Waals surface area contributed by atoms with Crippen LogP contribution in [0.2, 0.25) is 0 Å². The van der Waals surface area contributed by atoms with Crippen LogP contribution < -0.4 is 16.0 Å². The summed E-state index contributed by atoms with van der Waals surface area (Å²) in [5.74, 6) is -1.30. The van der Waals surface area contributed by atoms with E-state index in [2.05, 4.69) is 40.2 Å². The zero-order valence-electron chi connectivity index (χ0n) is 28.0. The topological polar surface area (TPSA) is 111 Å². The monoisotopic (exact) mass is 637 g/mol. The van der Waals surface area contributed by atoms with Crippen molar-refractivity contribution in [1.29, 1.82) is 0 Å². The molecule has 3 N–H and O–H groups in total. The van der Waals surface area contributed by atoms with E-state index in [0.717, 1.165) is 5.56 Å². The molecule has 3 aromatic carbocycles. The van der Waals surface area contributed by atoms with E-state index in [0.29, 0.717) is 19.4 Å². The van der Waals surface area contributed by atoms with Crippen molar-refractivity contribution in [2.75, 3.05) is 20.1 Å². The predicted molar refractivity (Wildman–Crippen MR) is 184 cm³/mol. The predicted octanol–water partition coefficient (Wildman–Crippen LogP) is 4.22. The van der Waals surface area contributed by atoms with Crippen molar-refractivity contribution in [3.05, 3.63) is 120 Å². The van der Waals surface area contributed by atoms with Gasteiger partial charge >= 0.3 is 0 Å². The first-order valence-corrected chi connectivity index (χ1v) is 16.2. The summed E-state index contributed by atoms with van der Waals surface area (Å²) in [7, 11) is 1.67. The Labute approximate surface area is 278 Å². The Morgan fingerprint density at radius 1 is 0.809 bits per heavy atom. The first kappa shape index (κ1) is 35.1. The minimum atomic E-state index is -0.866. The SMILES string of the molecule is CN[C@@H](C)C(=O)N[C@H](C(=O)NCC(=O)N1C=CN(CCC(c2ccccc2)c2ccccc2)C(=O)[C@@H]1Cc1ccccc1)C(C)(C)C. The number of nitrogens with zero attached hydrogens (tertiary/aromatic N) is 2. The molecular formula is C38H47N5O4. The number of carbonyl (C=O) groups is 4. The van der Waals surface area contributed by atoms with E-state index in [1.165, 1.54) is 16.0 Å². The summed E-state index contributed by atoms with van der Waals surface area (Å²) < 4.78 is 0. The fraction of sp³-hybridized carbons (Fsp3) is 0.368. The van der Waals surface area contributed by atoms with E-state index in [9.17, 15) is 19.2 Å². The van der Waals surface area contributed by atoms with E-state index >= 15 is 0 Å². The Bertz CT molecular complexity index is 1480. The largest absolute Gasteiger partial charge is 0.345 e. The van der Waals surface area contributed by atoms with Crippen LogP contribution in [0, 0.1) is 5.41 Å². The van der Waals surface area contributed by atoms with E-state index < -0.39 is 35.4 Å². The molecular weight excluding hydrogens is 590 g/mol. The quantitative estimate of drug-likeness (QED) is 0.260. The van der Waals surface area contributed by atoms with Gasteiger partial charge in [0.25, 0.3) is 0 Å². The second-order valence-electron chi connectivity index (χ2n) is 13.0. The normalized spacial score (nSPS) is 16.1. The smallest absolute Gasteiger partial charge is 0.250 e. The van der Waals surface area contributed by atoms with Gasteiger partial charge in [-0.2, -0.15) is 0 Å². The lowest BCUT2D eigenvalue weighted by atomic mass is 9.86. The van der Waals surface area contributed by atoms with Crippen LogP contribution >= 0.6 is 0 Å². The summed E-state index contributed by atoms with van der Waals surface area (Å²) in [6.07, 6.45) is 4.32. The maximum Gasteiger partial charge on any atom is 0.250 e. The molecule has 248 valence electrons. The van der Waals surface area contributed by atoms with E-state index in [-0.39, 0.29) is 24.3 Å². The van der Waals surface area contributed by atoms with E-state index in [1.807, 2.05) is 87.5 Å². The highest BCUT2D eigenvalue weighted by Crippen LogP contribution is 2.29. The zero-order chi connectivity index (χ0) is 34.0. The highest BCUT2D eigenvalue weighted by molar-refractivity contribution is 5.94. The molecule has 1 aliphatic heterocycles.